The van der Waals surface area contributed by atoms with Crippen LogP contribution in [-0.2, 0) is 4.79 Å². The van der Waals surface area contributed by atoms with Crippen LogP contribution in [0.1, 0.15) is 21.5 Å². The first-order valence-corrected chi connectivity index (χ1v) is 10.4. The number of aryl methyl sites for hydroxylation is 2. The fourth-order valence-electron chi connectivity index (χ4n) is 3.52. The van der Waals surface area contributed by atoms with E-state index in [4.69, 9.17) is 0 Å². The Morgan fingerprint density at radius 2 is 1.83 bits per heavy atom. The second kappa shape index (κ2) is 8.16. The Bertz CT molecular complexity index is 1000. The Morgan fingerprint density at radius 3 is 2.52 bits per heavy atom. The van der Waals surface area contributed by atoms with Crippen molar-refractivity contribution >= 4 is 38.6 Å². The summed E-state index contributed by atoms with van der Waals surface area (Å²) in [5, 5.41) is 3.69. The van der Waals surface area contributed by atoms with Gasteiger partial charge in [0.15, 0.2) is 5.13 Å². The van der Waals surface area contributed by atoms with Crippen molar-refractivity contribution in [3.63, 3.8) is 0 Å². The minimum Gasteiger partial charge on any atom is -0.344 e. The van der Waals surface area contributed by atoms with E-state index in [0.717, 1.165) is 39.7 Å². The van der Waals surface area contributed by atoms with Gasteiger partial charge in [0.1, 0.15) is 10.3 Å². The smallest absolute Gasteiger partial charge is 0.251 e. The van der Waals surface area contributed by atoms with Crippen LogP contribution in [0.25, 0.3) is 10.3 Å². The first-order valence-electron chi connectivity index (χ1n) is 9.60. The van der Waals surface area contributed by atoms with Gasteiger partial charge in [0.05, 0.1) is 6.54 Å². The van der Waals surface area contributed by atoms with Crippen molar-refractivity contribution in [1.29, 1.82) is 0 Å². The third kappa shape index (κ3) is 4.37. The highest BCUT2D eigenvalue weighted by molar-refractivity contribution is 7.21. The maximum atomic E-state index is 12.5. The van der Waals surface area contributed by atoms with E-state index in [2.05, 4.69) is 20.2 Å². The molecule has 150 valence electrons. The number of carbonyl (C=O) groups is 2. The molecule has 4 rings (SSSR count). The molecule has 3 aromatic rings. The van der Waals surface area contributed by atoms with E-state index in [1.54, 1.807) is 22.4 Å². The zero-order valence-electron chi connectivity index (χ0n) is 16.5. The summed E-state index contributed by atoms with van der Waals surface area (Å²) in [5.74, 6) is -0.279. The molecule has 1 N–H and O–H groups in total. The molecule has 0 atom stereocenters. The van der Waals surface area contributed by atoms with Crippen LogP contribution in [0.15, 0.2) is 36.5 Å². The number of hydrogen-bond donors (Lipinski definition) is 1. The van der Waals surface area contributed by atoms with E-state index < -0.39 is 0 Å². The summed E-state index contributed by atoms with van der Waals surface area (Å²) >= 11 is 1.57. The number of carbonyl (C=O) groups excluding carboxylic acids is 2. The molecule has 1 aliphatic rings. The van der Waals surface area contributed by atoms with Gasteiger partial charge in [-0.15, -0.1) is 0 Å². The second-order valence-corrected chi connectivity index (χ2v) is 8.21. The number of fused-ring (bicyclic) bond motifs is 1. The molecule has 1 aromatic carbocycles. The van der Waals surface area contributed by atoms with Gasteiger partial charge in [0.25, 0.3) is 5.91 Å². The van der Waals surface area contributed by atoms with Gasteiger partial charge in [-0.1, -0.05) is 28.5 Å². The zero-order valence-corrected chi connectivity index (χ0v) is 17.3. The van der Waals surface area contributed by atoms with Crippen molar-refractivity contribution in [1.82, 2.24) is 20.2 Å². The maximum Gasteiger partial charge on any atom is 0.251 e. The average Bonchev–Trinajstić information content (AvgIpc) is 3.15. The number of anilines is 1. The second-order valence-electron chi connectivity index (χ2n) is 7.25. The highest BCUT2D eigenvalue weighted by atomic mass is 32.1. The Hall–Kier alpha value is -3.00. The molecule has 0 unspecified atom stereocenters. The van der Waals surface area contributed by atoms with E-state index in [1.807, 2.05) is 44.2 Å². The molecule has 0 saturated carbocycles. The fraction of sp³-hybridized carbons (Fsp3) is 0.333. The van der Waals surface area contributed by atoms with E-state index in [0.29, 0.717) is 18.7 Å². The standard InChI is InChI=1S/C21H23N5O2S/c1-14-10-15(2)12-16(11-14)19(28)23-13-18(27)25-6-8-26(9-7-25)21-24-17-4-3-5-22-20(17)29-21/h3-5,10-12H,6-9,13H2,1-2H3,(H,23,28). The number of thiazole rings is 1. The van der Waals surface area contributed by atoms with E-state index in [1.165, 1.54) is 0 Å². The first kappa shape index (κ1) is 19.3. The van der Waals surface area contributed by atoms with Crippen molar-refractivity contribution in [3.8, 4) is 0 Å². The predicted octanol–water partition coefficient (Wildman–Crippen LogP) is 2.39. The van der Waals surface area contributed by atoms with Crippen LogP contribution in [0.2, 0.25) is 0 Å². The first-order chi connectivity index (χ1) is 14.0. The average molecular weight is 410 g/mol. The SMILES string of the molecule is Cc1cc(C)cc(C(=O)NCC(=O)N2CCN(c3nc4cccnc4s3)CC2)c1. The topological polar surface area (TPSA) is 78.4 Å². The summed E-state index contributed by atoms with van der Waals surface area (Å²) in [4.78, 5) is 38.8. The van der Waals surface area contributed by atoms with Gasteiger partial charge in [0, 0.05) is 37.9 Å². The molecule has 29 heavy (non-hydrogen) atoms. The van der Waals surface area contributed by atoms with Gasteiger partial charge in [-0.3, -0.25) is 9.59 Å². The molecule has 7 nitrogen and oxygen atoms in total. The number of nitrogens with zero attached hydrogens (tertiary/aromatic N) is 4. The number of benzene rings is 1. The molecular formula is C21H23N5O2S. The molecule has 8 heteroatoms. The summed E-state index contributed by atoms with van der Waals surface area (Å²) in [6, 6.07) is 9.52. The zero-order chi connectivity index (χ0) is 20.4. The molecule has 0 spiro atoms. The summed E-state index contributed by atoms with van der Waals surface area (Å²) in [6.45, 7) is 6.58. The monoisotopic (exact) mass is 409 g/mol. The Kier molecular flexibility index (Phi) is 5.44. The number of nitrogens with one attached hydrogen (secondary N) is 1. The lowest BCUT2D eigenvalue weighted by Gasteiger charge is -2.34. The van der Waals surface area contributed by atoms with Crippen LogP contribution in [0.3, 0.4) is 0 Å². The van der Waals surface area contributed by atoms with Crippen molar-refractivity contribution in [2.45, 2.75) is 13.8 Å². The van der Waals surface area contributed by atoms with Crippen LogP contribution in [0.4, 0.5) is 5.13 Å². The molecule has 3 heterocycles. The van der Waals surface area contributed by atoms with Crippen molar-refractivity contribution in [2.75, 3.05) is 37.6 Å². The number of aromatic nitrogens is 2. The predicted molar refractivity (Wildman–Crippen MR) is 114 cm³/mol. The van der Waals surface area contributed by atoms with Gasteiger partial charge in [-0.25, -0.2) is 9.97 Å². The molecule has 1 fully saturated rings. The number of amides is 2. The summed E-state index contributed by atoms with van der Waals surface area (Å²) in [7, 11) is 0. The Labute approximate surface area is 173 Å². The van der Waals surface area contributed by atoms with Gasteiger partial charge in [-0.2, -0.15) is 0 Å². The van der Waals surface area contributed by atoms with Gasteiger partial charge < -0.3 is 15.1 Å². The highest BCUT2D eigenvalue weighted by Gasteiger charge is 2.23. The van der Waals surface area contributed by atoms with E-state index >= 15 is 0 Å². The minimum atomic E-state index is -0.217. The van der Waals surface area contributed by atoms with Gasteiger partial charge in [-0.05, 0) is 38.1 Å². The van der Waals surface area contributed by atoms with Crippen molar-refractivity contribution in [2.24, 2.45) is 0 Å². The van der Waals surface area contributed by atoms with Crippen LogP contribution >= 0.6 is 11.3 Å². The molecule has 1 saturated heterocycles. The van der Waals surface area contributed by atoms with Crippen molar-refractivity contribution < 1.29 is 9.59 Å². The number of piperazine rings is 1. The lowest BCUT2D eigenvalue weighted by Crippen LogP contribution is -2.51. The van der Waals surface area contributed by atoms with Gasteiger partial charge in [0.2, 0.25) is 5.91 Å². The highest BCUT2D eigenvalue weighted by Crippen LogP contribution is 2.27. The normalized spacial score (nSPS) is 14.3. The van der Waals surface area contributed by atoms with Crippen LogP contribution < -0.4 is 10.2 Å². The van der Waals surface area contributed by atoms with E-state index in [-0.39, 0.29) is 18.4 Å². The molecular weight excluding hydrogens is 386 g/mol. The number of rotatable bonds is 4. The van der Waals surface area contributed by atoms with Crippen LogP contribution in [0.5, 0.6) is 0 Å². The molecule has 0 radical (unpaired) electrons. The quantitative estimate of drug-likeness (QED) is 0.716. The molecule has 1 aliphatic heterocycles. The lowest BCUT2D eigenvalue weighted by atomic mass is 10.1. The molecule has 2 aromatic heterocycles. The molecule has 0 aliphatic carbocycles. The van der Waals surface area contributed by atoms with Crippen LogP contribution in [0, 0.1) is 13.8 Å². The maximum absolute atomic E-state index is 12.5. The minimum absolute atomic E-state index is 0.0108. The van der Waals surface area contributed by atoms with Crippen molar-refractivity contribution in [3.05, 3.63) is 53.2 Å². The third-order valence-electron chi connectivity index (χ3n) is 4.94. The van der Waals surface area contributed by atoms with Crippen LogP contribution in [-0.4, -0.2) is 59.4 Å². The molecule has 2 amide bonds. The van der Waals surface area contributed by atoms with E-state index in [9.17, 15) is 9.59 Å². The summed E-state index contributed by atoms with van der Waals surface area (Å²) < 4.78 is 0. The number of hydrogen-bond acceptors (Lipinski definition) is 6. The largest absolute Gasteiger partial charge is 0.344 e. The van der Waals surface area contributed by atoms with Gasteiger partial charge >= 0.3 is 0 Å². The Balaban J connectivity index is 1.30. The fourth-order valence-corrected chi connectivity index (χ4v) is 4.48. The molecule has 0 bridgehead atoms. The summed E-state index contributed by atoms with van der Waals surface area (Å²) in [6.07, 6.45) is 1.77. The summed E-state index contributed by atoms with van der Waals surface area (Å²) in [5.41, 5.74) is 3.55. The number of pyridine rings is 1. The Morgan fingerprint density at radius 1 is 1.10 bits per heavy atom. The lowest BCUT2D eigenvalue weighted by molar-refractivity contribution is -0.130. The third-order valence-corrected chi connectivity index (χ3v) is 5.98.